The molecule has 0 fully saturated rings. The summed E-state index contributed by atoms with van der Waals surface area (Å²) < 4.78 is 12.9. The number of amides is 1. The average molecular weight is 266 g/mol. The summed E-state index contributed by atoms with van der Waals surface area (Å²) in [6.45, 7) is 9.20. The van der Waals surface area contributed by atoms with Crippen molar-refractivity contribution in [2.75, 3.05) is 13.1 Å². The Balaban J connectivity index is 2.63. The number of halogens is 1. The highest BCUT2D eigenvalue weighted by atomic mass is 19.1. The molecule has 1 rings (SSSR count). The predicted octanol–water partition coefficient (Wildman–Crippen LogP) is 2.73. The second kappa shape index (κ2) is 7.24. The molecule has 0 aliphatic carbocycles. The van der Waals surface area contributed by atoms with Crippen LogP contribution < -0.4 is 5.32 Å². The van der Waals surface area contributed by atoms with E-state index >= 15 is 0 Å². The summed E-state index contributed by atoms with van der Waals surface area (Å²) in [5, 5.41) is 3.25. The number of likely N-dealkylation sites (N-methyl/N-ethyl adjacent to an activating group) is 1. The lowest BCUT2D eigenvalue weighted by Crippen LogP contribution is -2.45. The van der Waals surface area contributed by atoms with Gasteiger partial charge in [0.25, 0.3) is 0 Å². The predicted molar refractivity (Wildman–Crippen MR) is 75.3 cm³/mol. The van der Waals surface area contributed by atoms with Gasteiger partial charge in [-0.3, -0.25) is 10.1 Å². The van der Waals surface area contributed by atoms with Crippen LogP contribution in [0.2, 0.25) is 0 Å². The van der Waals surface area contributed by atoms with Crippen LogP contribution in [0, 0.1) is 5.82 Å². The van der Waals surface area contributed by atoms with Crippen molar-refractivity contribution in [1.29, 1.82) is 0 Å². The van der Waals surface area contributed by atoms with Gasteiger partial charge in [0.05, 0.1) is 6.04 Å². The molecule has 0 heterocycles. The third-order valence-electron chi connectivity index (χ3n) is 3.32. The van der Waals surface area contributed by atoms with Crippen LogP contribution in [-0.2, 0) is 4.79 Å². The Morgan fingerprint density at radius 3 is 2.21 bits per heavy atom. The number of carbonyl (C=O) groups is 1. The standard InChI is InChI=1S/C15H23FN2O/c1-5-18(6-2)15(19)12(4)17-11(3)13-7-9-14(16)10-8-13/h7-12,17H,5-6H2,1-4H3. The molecule has 1 N–H and O–H groups in total. The molecule has 3 nitrogen and oxygen atoms in total. The molecule has 0 saturated carbocycles. The van der Waals surface area contributed by atoms with Gasteiger partial charge >= 0.3 is 0 Å². The van der Waals surface area contributed by atoms with E-state index in [0.29, 0.717) is 13.1 Å². The quantitative estimate of drug-likeness (QED) is 0.858. The molecule has 1 amide bonds. The van der Waals surface area contributed by atoms with E-state index in [4.69, 9.17) is 0 Å². The van der Waals surface area contributed by atoms with Crippen LogP contribution in [0.1, 0.15) is 39.3 Å². The third-order valence-corrected chi connectivity index (χ3v) is 3.32. The number of carbonyl (C=O) groups excluding carboxylic acids is 1. The lowest BCUT2D eigenvalue weighted by molar-refractivity contribution is -0.132. The van der Waals surface area contributed by atoms with Crippen molar-refractivity contribution in [3.63, 3.8) is 0 Å². The van der Waals surface area contributed by atoms with Crippen LogP contribution in [0.5, 0.6) is 0 Å². The van der Waals surface area contributed by atoms with Gasteiger partial charge in [0.1, 0.15) is 5.82 Å². The summed E-state index contributed by atoms with van der Waals surface area (Å²) in [7, 11) is 0. The minimum Gasteiger partial charge on any atom is -0.342 e. The van der Waals surface area contributed by atoms with Gasteiger partial charge in [-0.2, -0.15) is 0 Å². The van der Waals surface area contributed by atoms with Gasteiger partial charge in [-0.15, -0.1) is 0 Å². The van der Waals surface area contributed by atoms with E-state index in [0.717, 1.165) is 5.56 Å². The molecular formula is C15H23FN2O. The normalized spacial score (nSPS) is 13.9. The fourth-order valence-electron chi connectivity index (χ4n) is 2.10. The maximum absolute atomic E-state index is 12.9. The molecule has 4 heteroatoms. The van der Waals surface area contributed by atoms with Crippen molar-refractivity contribution in [2.24, 2.45) is 0 Å². The Labute approximate surface area is 114 Å². The number of nitrogens with zero attached hydrogens (tertiary/aromatic N) is 1. The monoisotopic (exact) mass is 266 g/mol. The summed E-state index contributed by atoms with van der Waals surface area (Å²) >= 11 is 0. The van der Waals surface area contributed by atoms with Crippen LogP contribution in [0.15, 0.2) is 24.3 Å². The molecule has 0 aliphatic heterocycles. The van der Waals surface area contributed by atoms with Crippen molar-refractivity contribution in [3.05, 3.63) is 35.6 Å². The molecule has 1 aromatic carbocycles. The van der Waals surface area contributed by atoms with Gasteiger partial charge in [-0.05, 0) is 45.4 Å². The number of rotatable bonds is 6. The molecule has 2 unspecified atom stereocenters. The topological polar surface area (TPSA) is 32.3 Å². The average Bonchev–Trinajstić information content (AvgIpc) is 2.40. The molecule has 106 valence electrons. The first-order chi connectivity index (χ1) is 8.99. The van der Waals surface area contributed by atoms with Gasteiger partial charge in [0, 0.05) is 19.1 Å². The first-order valence-corrected chi connectivity index (χ1v) is 6.79. The van der Waals surface area contributed by atoms with E-state index < -0.39 is 0 Å². The van der Waals surface area contributed by atoms with Crippen molar-refractivity contribution in [2.45, 2.75) is 39.8 Å². The third kappa shape index (κ3) is 4.31. The Morgan fingerprint density at radius 2 is 1.74 bits per heavy atom. The number of hydrogen-bond donors (Lipinski definition) is 1. The van der Waals surface area contributed by atoms with E-state index in [1.165, 1.54) is 12.1 Å². The Bertz CT molecular complexity index is 401. The van der Waals surface area contributed by atoms with Crippen molar-refractivity contribution >= 4 is 5.91 Å². The Kier molecular flexibility index (Phi) is 5.96. The maximum atomic E-state index is 12.9. The smallest absolute Gasteiger partial charge is 0.239 e. The number of hydrogen-bond acceptors (Lipinski definition) is 2. The largest absolute Gasteiger partial charge is 0.342 e. The lowest BCUT2D eigenvalue weighted by Gasteiger charge is -2.26. The molecule has 0 radical (unpaired) electrons. The molecule has 0 saturated heterocycles. The fourth-order valence-corrected chi connectivity index (χ4v) is 2.10. The molecule has 0 bridgehead atoms. The van der Waals surface area contributed by atoms with Crippen LogP contribution in [0.25, 0.3) is 0 Å². The summed E-state index contributed by atoms with van der Waals surface area (Å²) in [4.78, 5) is 13.9. The number of benzene rings is 1. The highest BCUT2D eigenvalue weighted by molar-refractivity contribution is 5.81. The van der Waals surface area contributed by atoms with Gasteiger partial charge in [-0.1, -0.05) is 12.1 Å². The van der Waals surface area contributed by atoms with Crippen LogP contribution in [-0.4, -0.2) is 29.9 Å². The van der Waals surface area contributed by atoms with E-state index in [-0.39, 0.29) is 23.8 Å². The van der Waals surface area contributed by atoms with Crippen molar-refractivity contribution in [1.82, 2.24) is 10.2 Å². The van der Waals surface area contributed by atoms with Crippen molar-refractivity contribution in [3.8, 4) is 0 Å². The Morgan fingerprint density at radius 1 is 1.21 bits per heavy atom. The van der Waals surface area contributed by atoms with Crippen LogP contribution in [0.4, 0.5) is 4.39 Å². The number of nitrogens with one attached hydrogen (secondary N) is 1. The highest BCUT2D eigenvalue weighted by Crippen LogP contribution is 2.14. The van der Waals surface area contributed by atoms with E-state index in [9.17, 15) is 9.18 Å². The lowest BCUT2D eigenvalue weighted by atomic mass is 10.1. The van der Waals surface area contributed by atoms with Gasteiger partial charge in [-0.25, -0.2) is 4.39 Å². The van der Waals surface area contributed by atoms with E-state index in [1.54, 1.807) is 17.0 Å². The zero-order chi connectivity index (χ0) is 14.4. The SMILES string of the molecule is CCN(CC)C(=O)C(C)NC(C)c1ccc(F)cc1. The fraction of sp³-hybridized carbons (Fsp3) is 0.533. The first kappa shape index (κ1) is 15.6. The summed E-state index contributed by atoms with van der Waals surface area (Å²) in [5.74, 6) is -0.151. The van der Waals surface area contributed by atoms with E-state index in [2.05, 4.69) is 5.32 Å². The second-order valence-electron chi connectivity index (χ2n) is 4.67. The van der Waals surface area contributed by atoms with E-state index in [1.807, 2.05) is 27.7 Å². The molecule has 0 aromatic heterocycles. The van der Waals surface area contributed by atoms with Crippen LogP contribution in [0.3, 0.4) is 0 Å². The van der Waals surface area contributed by atoms with Crippen LogP contribution >= 0.6 is 0 Å². The zero-order valence-corrected chi connectivity index (χ0v) is 12.1. The highest BCUT2D eigenvalue weighted by Gasteiger charge is 2.20. The van der Waals surface area contributed by atoms with Crippen molar-refractivity contribution < 1.29 is 9.18 Å². The molecule has 2 atom stereocenters. The summed E-state index contributed by atoms with van der Waals surface area (Å²) in [6, 6.07) is 6.10. The molecule has 0 aliphatic rings. The molecular weight excluding hydrogens is 243 g/mol. The molecule has 1 aromatic rings. The van der Waals surface area contributed by atoms with Gasteiger partial charge < -0.3 is 4.90 Å². The molecule has 0 spiro atoms. The Hall–Kier alpha value is -1.42. The minimum atomic E-state index is -0.250. The summed E-state index contributed by atoms with van der Waals surface area (Å²) in [5.41, 5.74) is 0.973. The zero-order valence-electron chi connectivity index (χ0n) is 12.1. The molecule has 19 heavy (non-hydrogen) atoms. The maximum Gasteiger partial charge on any atom is 0.239 e. The summed E-state index contributed by atoms with van der Waals surface area (Å²) in [6.07, 6.45) is 0. The minimum absolute atomic E-state index is 0.00936. The second-order valence-corrected chi connectivity index (χ2v) is 4.67. The first-order valence-electron chi connectivity index (χ1n) is 6.79. The van der Waals surface area contributed by atoms with Gasteiger partial charge in [0.2, 0.25) is 5.91 Å². The van der Waals surface area contributed by atoms with Gasteiger partial charge in [0.15, 0.2) is 0 Å².